The molecular formula is C21H28N4O2S2. The largest absolute Gasteiger partial charge is 0.338 e. The van der Waals surface area contributed by atoms with Gasteiger partial charge in [-0.25, -0.2) is 4.98 Å². The lowest BCUT2D eigenvalue weighted by molar-refractivity contribution is -0.121. The highest BCUT2D eigenvalue weighted by atomic mass is 32.1. The maximum absolute atomic E-state index is 12.7. The molecule has 6 nitrogen and oxygen atoms in total. The van der Waals surface area contributed by atoms with Crippen molar-refractivity contribution in [3.05, 3.63) is 33.5 Å². The summed E-state index contributed by atoms with van der Waals surface area (Å²) < 4.78 is 0. The highest BCUT2D eigenvalue weighted by Gasteiger charge is 2.28. The van der Waals surface area contributed by atoms with E-state index in [2.05, 4.69) is 27.5 Å². The summed E-state index contributed by atoms with van der Waals surface area (Å²) in [4.78, 5) is 34.8. The fraction of sp³-hybridized carbons (Fsp3) is 0.571. The molecule has 2 aromatic heterocycles. The Bertz CT molecular complexity index is 820. The number of rotatable bonds is 5. The van der Waals surface area contributed by atoms with Gasteiger partial charge in [0.15, 0.2) is 5.13 Å². The van der Waals surface area contributed by atoms with Gasteiger partial charge in [-0.2, -0.15) is 0 Å². The average molecular weight is 433 g/mol. The Morgan fingerprint density at radius 3 is 2.59 bits per heavy atom. The number of aromatic nitrogens is 1. The van der Waals surface area contributed by atoms with E-state index in [1.165, 1.54) is 35.5 Å². The van der Waals surface area contributed by atoms with Crippen molar-refractivity contribution < 1.29 is 9.59 Å². The van der Waals surface area contributed by atoms with Gasteiger partial charge >= 0.3 is 0 Å². The van der Waals surface area contributed by atoms with E-state index in [4.69, 9.17) is 0 Å². The number of likely N-dealkylation sites (tertiary alicyclic amines) is 2. The maximum atomic E-state index is 12.7. The number of hydrogen-bond acceptors (Lipinski definition) is 6. The summed E-state index contributed by atoms with van der Waals surface area (Å²) in [7, 11) is 0. The number of thiophene rings is 1. The minimum atomic E-state index is -0.0571. The van der Waals surface area contributed by atoms with E-state index in [1.54, 1.807) is 0 Å². The molecule has 0 radical (unpaired) electrons. The van der Waals surface area contributed by atoms with Gasteiger partial charge in [-0.1, -0.05) is 13.0 Å². The Kier molecular flexibility index (Phi) is 6.62. The van der Waals surface area contributed by atoms with Gasteiger partial charge in [0.05, 0.1) is 10.6 Å². The van der Waals surface area contributed by atoms with Crippen molar-refractivity contribution in [1.82, 2.24) is 14.8 Å². The molecule has 8 heteroatoms. The first-order valence-electron chi connectivity index (χ1n) is 10.4. The van der Waals surface area contributed by atoms with Crippen LogP contribution in [-0.2, 0) is 11.3 Å². The Balaban J connectivity index is 1.24. The highest BCUT2D eigenvalue weighted by Crippen LogP contribution is 2.24. The third-order valence-corrected chi connectivity index (χ3v) is 7.59. The van der Waals surface area contributed by atoms with Gasteiger partial charge in [0.25, 0.3) is 5.91 Å². The van der Waals surface area contributed by atoms with Crippen molar-refractivity contribution in [2.75, 3.05) is 31.5 Å². The molecule has 0 bridgehead atoms. The predicted molar refractivity (Wildman–Crippen MR) is 117 cm³/mol. The number of hydrogen-bond donors (Lipinski definition) is 1. The molecule has 2 aliphatic heterocycles. The first-order valence-corrected chi connectivity index (χ1v) is 12.1. The summed E-state index contributed by atoms with van der Waals surface area (Å²) >= 11 is 2.97. The standard InChI is InChI=1S/C21H28N4O2S2/c1-15-4-8-24(9-5-15)13-17-14-29-21(22-17)23-19(26)16-6-10-25(11-7-16)20(27)18-3-2-12-28-18/h2-3,12,14-16H,4-11,13H2,1H3,(H,22,23,26). The van der Waals surface area contributed by atoms with Crippen LogP contribution in [0.5, 0.6) is 0 Å². The van der Waals surface area contributed by atoms with Gasteiger partial charge < -0.3 is 10.2 Å². The van der Waals surface area contributed by atoms with E-state index in [9.17, 15) is 9.59 Å². The van der Waals surface area contributed by atoms with Crippen molar-refractivity contribution in [3.8, 4) is 0 Å². The van der Waals surface area contributed by atoms with Crippen LogP contribution in [0.25, 0.3) is 0 Å². The van der Waals surface area contributed by atoms with Crippen molar-refractivity contribution >= 4 is 39.6 Å². The van der Waals surface area contributed by atoms with Crippen LogP contribution in [0.1, 0.15) is 48.0 Å². The molecule has 2 amide bonds. The molecule has 156 valence electrons. The van der Waals surface area contributed by atoms with Gasteiger partial charge in [-0.05, 0) is 56.1 Å². The third-order valence-electron chi connectivity index (χ3n) is 5.93. The molecule has 2 saturated heterocycles. The van der Waals surface area contributed by atoms with Gasteiger partial charge in [0.2, 0.25) is 5.91 Å². The fourth-order valence-electron chi connectivity index (χ4n) is 3.99. The molecule has 0 spiro atoms. The molecule has 2 aliphatic rings. The zero-order chi connectivity index (χ0) is 20.2. The highest BCUT2D eigenvalue weighted by molar-refractivity contribution is 7.14. The molecule has 0 saturated carbocycles. The maximum Gasteiger partial charge on any atom is 0.263 e. The smallest absolute Gasteiger partial charge is 0.263 e. The summed E-state index contributed by atoms with van der Waals surface area (Å²) in [6.07, 6.45) is 3.91. The van der Waals surface area contributed by atoms with Crippen molar-refractivity contribution in [2.45, 2.75) is 39.2 Å². The van der Waals surface area contributed by atoms with Crippen LogP contribution in [0.2, 0.25) is 0 Å². The van der Waals surface area contributed by atoms with Crippen LogP contribution >= 0.6 is 22.7 Å². The molecule has 2 fully saturated rings. The Morgan fingerprint density at radius 1 is 1.14 bits per heavy atom. The normalized spacial score (nSPS) is 19.4. The Hall–Kier alpha value is -1.77. The Labute approximate surface area is 179 Å². The van der Waals surface area contributed by atoms with Crippen LogP contribution in [0, 0.1) is 11.8 Å². The van der Waals surface area contributed by atoms with Crippen LogP contribution in [-0.4, -0.2) is 52.8 Å². The molecule has 29 heavy (non-hydrogen) atoms. The monoisotopic (exact) mass is 432 g/mol. The lowest BCUT2D eigenvalue weighted by Crippen LogP contribution is -2.41. The third kappa shape index (κ3) is 5.24. The minimum absolute atomic E-state index is 0.0286. The lowest BCUT2D eigenvalue weighted by atomic mass is 9.96. The number of piperidine rings is 2. The number of carbonyl (C=O) groups is 2. The molecule has 1 N–H and O–H groups in total. The number of anilines is 1. The fourth-order valence-corrected chi connectivity index (χ4v) is 5.39. The number of nitrogens with zero attached hydrogens (tertiary/aromatic N) is 3. The SMILES string of the molecule is CC1CCN(Cc2csc(NC(=O)C3CCN(C(=O)c4cccs4)CC3)n2)CC1. The summed E-state index contributed by atoms with van der Waals surface area (Å²) in [6.45, 7) is 6.70. The molecule has 4 heterocycles. The van der Waals surface area contributed by atoms with E-state index in [-0.39, 0.29) is 17.7 Å². The topological polar surface area (TPSA) is 65.5 Å². The van der Waals surface area contributed by atoms with Crippen molar-refractivity contribution in [1.29, 1.82) is 0 Å². The van der Waals surface area contributed by atoms with E-state index in [0.29, 0.717) is 31.1 Å². The van der Waals surface area contributed by atoms with Gasteiger partial charge in [0, 0.05) is 30.9 Å². The van der Waals surface area contributed by atoms with E-state index in [1.807, 2.05) is 22.4 Å². The van der Waals surface area contributed by atoms with Crippen LogP contribution in [0.3, 0.4) is 0 Å². The second-order valence-electron chi connectivity index (χ2n) is 8.14. The van der Waals surface area contributed by atoms with Gasteiger partial charge in [-0.15, -0.1) is 22.7 Å². The number of carbonyl (C=O) groups excluding carboxylic acids is 2. The molecular weight excluding hydrogens is 404 g/mol. The lowest BCUT2D eigenvalue weighted by Gasteiger charge is -2.30. The molecule has 0 atom stereocenters. The first kappa shape index (κ1) is 20.5. The quantitative estimate of drug-likeness (QED) is 0.778. The molecule has 2 aromatic rings. The van der Waals surface area contributed by atoms with Crippen LogP contribution in [0.15, 0.2) is 22.9 Å². The summed E-state index contributed by atoms with van der Waals surface area (Å²) in [5.74, 6) is 0.873. The van der Waals surface area contributed by atoms with Crippen molar-refractivity contribution in [3.63, 3.8) is 0 Å². The van der Waals surface area contributed by atoms with Gasteiger partial charge in [0.1, 0.15) is 0 Å². The second-order valence-corrected chi connectivity index (χ2v) is 9.94. The van der Waals surface area contributed by atoms with Crippen LogP contribution < -0.4 is 5.32 Å². The summed E-state index contributed by atoms with van der Waals surface area (Å²) in [6, 6.07) is 3.75. The van der Waals surface area contributed by atoms with E-state index < -0.39 is 0 Å². The second kappa shape index (κ2) is 9.36. The predicted octanol–water partition coefficient (Wildman–Crippen LogP) is 3.93. The molecule has 4 rings (SSSR count). The number of amides is 2. The van der Waals surface area contributed by atoms with E-state index >= 15 is 0 Å². The molecule has 0 aliphatic carbocycles. The molecule has 0 aromatic carbocycles. The summed E-state index contributed by atoms with van der Waals surface area (Å²) in [5.41, 5.74) is 1.04. The minimum Gasteiger partial charge on any atom is -0.338 e. The average Bonchev–Trinajstić information content (AvgIpc) is 3.42. The first-order chi connectivity index (χ1) is 14.1. The number of nitrogens with one attached hydrogen (secondary N) is 1. The number of thiazole rings is 1. The van der Waals surface area contributed by atoms with Gasteiger partial charge in [-0.3, -0.25) is 14.5 Å². The zero-order valence-corrected chi connectivity index (χ0v) is 18.4. The zero-order valence-electron chi connectivity index (χ0n) is 16.8. The van der Waals surface area contributed by atoms with Crippen LogP contribution in [0.4, 0.5) is 5.13 Å². The van der Waals surface area contributed by atoms with Crippen molar-refractivity contribution in [2.24, 2.45) is 11.8 Å². The Morgan fingerprint density at radius 2 is 1.90 bits per heavy atom. The molecule has 0 unspecified atom stereocenters. The summed E-state index contributed by atoms with van der Waals surface area (Å²) in [5, 5.41) is 7.65. The van der Waals surface area contributed by atoms with E-state index in [0.717, 1.165) is 36.1 Å².